The minimum Gasteiger partial charge on any atom is -0.385 e. The Balaban J connectivity index is 2.00. The van der Waals surface area contributed by atoms with Crippen LogP contribution in [0, 0.1) is 10.1 Å². The first kappa shape index (κ1) is 25.2. The summed E-state index contributed by atoms with van der Waals surface area (Å²) in [6.45, 7) is 2.15. The smallest absolute Gasteiger partial charge is 0.322 e. The summed E-state index contributed by atoms with van der Waals surface area (Å²) < 4.78 is 10.0. The first-order chi connectivity index (χ1) is 15.4. The van der Waals surface area contributed by atoms with Gasteiger partial charge < -0.3 is 25.0 Å². The number of hydrogen-bond acceptors (Lipinski definition) is 8. The lowest BCUT2D eigenvalue weighted by molar-refractivity contribution is -0.384. The molecule has 0 unspecified atom stereocenters. The fourth-order valence-electron chi connectivity index (χ4n) is 2.68. The van der Waals surface area contributed by atoms with Gasteiger partial charge in [-0.15, -0.1) is 11.3 Å². The van der Waals surface area contributed by atoms with Crippen LogP contribution in [0.5, 0.6) is 0 Å². The molecule has 0 aliphatic heterocycles. The Morgan fingerprint density at radius 1 is 1.16 bits per heavy atom. The summed E-state index contributed by atoms with van der Waals surface area (Å²) in [7, 11) is 3.18. The van der Waals surface area contributed by atoms with Gasteiger partial charge in [0, 0.05) is 63.7 Å². The van der Waals surface area contributed by atoms with Crippen molar-refractivity contribution < 1.29 is 24.0 Å². The van der Waals surface area contributed by atoms with Gasteiger partial charge in [-0.05, 0) is 25.0 Å². The number of ether oxygens (including phenoxy) is 2. The quantitative estimate of drug-likeness (QED) is 0.264. The molecule has 0 spiro atoms. The van der Waals surface area contributed by atoms with Gasteiger partial charge in [-0.25, -0.2) is 9.78 Å². The second kappa shape index (κ2) is 13.3. The maximum atomic E-state index is 12.8. The standard InChI is InChI=1S/C20H27N5O6S/c1-30-11-3-9-21-19(26)17-14-32-18(23-17)13-24(10-4-12-31-2)20(27)22-15-5-7-16(8-6-15)25(28)29/h5-8,14H,3-4,9-13H2,1-2H3,(H,21,26)(H,22,27). The number of carbonyl (C=O) groups excluding carboxylic acids is 2. The Bertz CT molecular complexity index is 889. The molecule has 0 aliphatic carbocycles. The average molecular weight is 466 g/mol. The van der Waals surface area contributed by atoms with Gasteiger partial charge in [-0.2, -0.15) is 0 Å². The zero-order valence-electron chi connectivity index (χ0n) is 18.0. The summed E-state index contributed by atoms with van der Waals surface area (Å²) >= 11 is 1.29. The summed E-state index contributed by atoms with van der Waals surface area (Å²) in [5.74, 6) is -0.273. The molecule has 0 radical (unpaired) electrons. The Hall–Kier alpha value is -3.09. The first-order valence-corrected chi connectivity index (χ1v) is 10.8. The number of aromatic nitrogens is 1. The van der Waals surface area contributed by atoms with Crippen molar-refractivity contribution in [3.8, 4) is 0 Å². The van der Waals surface area contributed by atoms with Crippen LogP contribution >= 0.6 is 11.3 Å². The van der Waals surface area contributed by atoms with Gasteiger partial charge in [0.1, 0.15) is 10.7 Å². The number of nitro groups is 1. The van der Waals surface area contributed by atoms with Gasteiger partial charge in [-0.3, -0.25) is 14.9 Å². The number of benzene rings is 1. The Labute approximate surface area is 189 Å². The van der Waals surface area contributed by atoms with Crippen molar-refractivity contribution in [2.24, 2.45) is 0 Å². The lowest BCUT2D eigenvalue weighted by Crippen LogP contribution is -2.35. The number of carbonyl (C=O) groups is 2. The summed E-state index contributed by atoms with van der Waals surface area (Å²) in [6, 6.07) is 5.21. The highest BCUT2D eigenvalue weighted by molar-refractivity contribution is 7.09. The van der Waals surface area contributed by atoms with Crippen LogP contribution in [0.25, 0.3) is 0 Å². The van der Waals surface area contributed by atoms with Gasteiger partial charge in [0.2, 0.25) is 0 Å². The van der Waals surface area contributed by atoms with E-state index in [-0.39, 0.29) is 24.2 Å². The first-order valence-electron chi connectivity index (χ1n) is 9.95. The van der Waals surface area contributed by atoms with Crippen LogP contribution < -0.4 is 10.6 Å². The van der Waals surface area contributed by atoms with Crippen molar-refractivity contribution in [2.75, 3.05) is 45.8 Å². The third kappa shape index (κ3) is 8.21. The number of nitro benzene ring substituents is 1. The molecule has 2 aromatic rings. The van der Waals surface area contributed by atoms with E-state index in [4.69, 9.17) is 9.47 Å². The van der Waals surface area contributed by atoms with Crippen molar-refractivity contribution in [1.82, 2.24) is 15.2 Å². The zero-order valence-corrected chi connectivity index (χ0v) is 18.9. The summed E-state index contributed by atoms with van der Waals surface area (Å²) in [4.78, 5) is 41.2. The SMILES string of the molecule is COCCCNC(=O)c1csc(CN(CCCOC)C(=O)Nc2ccc([N+](=O)[O-])cc2)n1. The molecule has 12 heteroatoms. The van der Waals surface area contributed by atoms with E-state index in [2.05, 4.69) is 15.6 Å². The maximum absolute atomic E-state index is 12.8. The van der Waals surface area contributed by atoms with Crippen LogP contribution in [0.4, 0.5) is 16.2 Å². The molecule has 0 saturated carbocycles. The normalized spacial score (nSPS) is 10.6. The van der Waals surface area contributed by atoms with Gasteiger partial charge in [0.25, 0.3) is 11.6 Å². The number of non-ortho nitro benzene ring substituents is 1. The number of hydrogen-bond donors (Lipinski definition) is 2. The second-order valence-corrected chi connectivity index (χ2v) is 7.67. The second-order valence-electron chi connectivity index (χ2n) is 6.73. The third-order valence-corrected chi connectivity index (χ3v) is 5.15. The van der Waals surface area contributed by atoms with Crippen molar-refractivity contribution in [1.29, 1.82) is 0 Å². The Morgan fingerprint density at radius 3 is 2.50 bits per heavy atom. The molecule has 11 nitrogen and oxygen atoms in total. The van der Waals surface area contributed by atoms with E-state index in [1.54, 1.807) is 24.5 Å². The topological polar surface area (TPSA) is 136 Å². The number of methoxy groups -OCH3 is 2. The number of amides is 3. The molecule has 32 heavy (non-hydrogen) atoms. The van der Waals surface area contributed by atoms with Gasteiger partial charge in [-0.1, -0.05) is 0 Å². The highest BCUT2D eigenvalue weighted by Gasteiger charge is 2.18. The fraction of sp³-hybridized carbons (Fsp3) is 0.450. The van der Waals surface area contributed by atoms with Crippen molar-refractivity contribution in [3.05, 3.63) is 50.5 Å². The molecule has 0 fully saturated rings. The predicted molar refractivity (Wildman–Crippen MR) is 120 cm³/mol. The monoisotopic (exact) mass is 465 g/mol. The number of thiazole rings is 1. The highest BCUT2D eigenvalue weighted by Crippen LogP contribution is 2.17. The van der Waals surface area contributed by atoms with E-state index >= 15 is 0 Å². The van der Waals surface area contributed by atoms with Crippen LogP contribution in [-0.2, 0) is 16.0 Å². The average Bonchev–Trinajstić information content (AvgIpc) is 3.25. The van der Waals surface area contributed by atoms with Crippen molar-refractivity contribution in [2.45, 2.75) is 19.4 Å². The Kier molecular flexibility index (Phi) is 10.5. The van der Waals surface area contributed by atoms with Crippen molar-refractivity contribution in [3.63, 3.8) is 0 Å². The summed E-state index contributed by atoms with van der Waals surface area (Å²) in [5, 5.41) is 18.6. The van der Waals surface area contributed by atoms with Crippen LogP contribution in [0.2, 0.25) is 0 Å². The van der Waals surface area contributed by atoms with Crippen molar-refractivity contribution >= 4 is 34.6 Å². The van der Waals surface area contributed by atoms with Crippen LogP contribution in [-0.4, -0.2) is 67.3 Å². The molecule has 0 atom stereocenters. The summed E-state index contributed by atoms with van der Waals surface area (Å²) in [5.41, 5.74) is 0.679. The van der Waals surface area contributed by atoms with E-state index in [0.29, 0.717) is 55.5 Å². The molecule has 1 heterocycles. The minimum absolute atomic E-state index is 0.0595. The van der Waals surface area contributed by atoms with Crippen LogP contribution in [0.3, 0.4) is 0 Å². The third-order valence-electron chi connectivity index (χ3n) is 4.31. The molecule has 0 bridgehead atoms. The molecule has 1 aromatic carbocycles. The summed E-state index contributed by atoms with van der Waals surface area (Å²) in [6.07, 6.45) is 1.32. The molecule has 0 saturated heterocycles. The highest BCUT2D eigenvalue weighted by atomic mass is 32.1. The number of urea groups is 1. The largest absolute Gasteiger partial charge is 0.385 e. The zero-order chi connectivity index (χ0) is 23.3. The number of rotatable bonds is 13. The molecule has 3 amide bonds. The van der Waals surface area contributed by atoms with E-state index < -0.39 is 4.92 Å². The van der Waals surface area contributed by atoms with Gasteiger partial charge >= 0.3 is 6.03 Å². The number of nitrogens with one attached hydrogen (secondary N) is 2. The van der Waals surface area contributed by atoms with E-state index in [0.717, 1.165) is 0 Å². The number of nitrogens with zero attached hydrogens (tertiary/aromatic N) is 3. The lowest BCUT2D eigenvalue weighted by Gasteiger charge is -2.22. The lowest BCUT2D eigenvalue weighted by atomic mass is 10.3. The van der Waals surface area contributed by atoms with E-state index in [1.165, 1.54) is 35.6 Å². The Morgan fingerprint density at radius 2 is 1.84 bits per heavy atom. The minimum atomic E-state index is -0.504. The van der Waals surface area contributed by atoms with Gasteiger partial charge in [0.05, 0.1) is 11.5 Å². The molecular formula is C20H27N5O6S. The van der Waals surface area contributed by atoms with Crippen LogP contribution in [0.1, 0.15) is 28.3 Å². The van der Waals surface area contributed by atoms with E-state index in [1.807, 2.05) is 0 Å². The molecule has 174 valence electrons. The molecule has 2 N–H and O–H groups in total. The molecule has 1 aromatic heterocycles. The number of anilines is 1. The predicted octanol–water partition coefficient (Wildman–Crippen LogP) is 2.89. The molecular weight excluding hydrogens is 438 g/mol. The van der Waals surface area contributed by atoms with Gasteiger partial charge in [0.15, 0.2) is 0 Å². The van der Waals surface area contributed by atoms with Crippen LogP contribution in [0.15, 0.2) is 29.6 Å². The fourth-order valence-corrected chi connectivity index (χ4v) is 3.47. The molecule has 2 rings (SSSR count). The maximum Gasteiger partial charge on any atom is 0.322 e. The molecule has 0 aliphatic rings. The van der Waals surface area contributed by atoms with E-state index in [9.17, 15) is 19.7 Å².